The average molecular weight is 444 g/mol. The molecule has 2 unspecified atom stereocenters. The fourth-order valence-electron chi connectivity index (χ4n) is 4.87. The first-order valence-corrected chi connectivity index (χ1v) is 12.1. The second kappa shape index (κ2) is 12.6. The molecular weight excluding hydrogens is 406 g/mol. The molecule has 0 aliphatic carbocycles. The number of carbonyl (C=O) groups excluding carboxylic acids is 2. The molecule has 2 heterocycles. The maximum absolute atomic E-state index is 12.9. The molecule has 0 radical (unpaired) electrons. The number of carboxylic acid groups (broad SMARTS) is 1. The van der Waals surface area contributed by atoms with Crippen LogP contribution >= 0.6 is 0 Å². The lowest BCUT2D eigenvalue weighted by Gasteiger charge is -2.34. The van der Waals surface area contributed by atoms with Gasteiger partial charge in [0.1, 0.15) is 0 Å². The van der Waals surface area contributed by atoms with Crippen molar-refractivity contribution in [3.8, 4) is 0 Å². The van der Waals surface area contributed by atoms with Crippen molar-refractivity contribution in [2.24, 2.45) is 11.8 Å². The summed E-state index contributed by atoms with van der Waals surface area (Å²) in [6.07, 6.45) is 6.31. The lowest BCUT2D eigenvalue weighted by atomic mass is 9.91. The van der Waals surface area contributed by atoms with E-state index in [1.165, 1.54) is 12.8 Å². The fraction of sp³-hybridized carbons (Fsp3) is 0.640. The van der Waals surface area contributed by atoms with Crippen LogP contribution in [0.3, 0.4) is 0 Å². The van der Waals surface area contributed by atoms with E-state index in [2.05, 4.69) is 10.6 Å². The molecule has 7 heteroatoms. The lowest BCUT2D eigenvalue weighted by molar-refractivity contribution is -0.142. The van der Waals surface area contributed by atoms with Crippen molar-refractivity contribution >= 4 is 17.8 Å². The van der Waals surface area contributed by atoms with Gasteiger partial charge in [-0.1, -0.05) is 30.3 Å². The zero-order valence-electron chi connectivity index (χ0n) is 18.9. The molecule has 2 amide bonds. The van der Waals surface area contributed by atoms with Crippen LogP contribution in [0.5, 0.6) is 0 Å². The Labute approximate surface area is 190 Å². The summed E-state index contributed by atoms with van der Waals surface area (Å²) in [5.74, 6) is -0.686. The van der Waals surface area contributed by atoms with Gasteiger partial charge in [-0.25, -0.2) is 0 Å². The lowest BCUT2D eigenvalue weighted by Crippen LogP contribution is -2.45. The smallest absolute Gasteiger partial charge is 0.305 e. The summed E-state index contributed by atoms with van der Waals surface area (Å²) < 4.78 is 0. The molecule has 2 fully saturated rings. The van der Waals surface area contributed by atoms with E-state index in [0.29, 0.717) is 18.8 Å². The minimum atomic E-state index is -0.929. The molecule has 3 rings (SSSR count). The molecule has 0 spiro atoms. The van der Waals surface area contributed by atoms with E-state index in [0.717, 1.165) is 51.0 Å². The number of likely N-dealkylation sites (tertiary alicyclic amines) is 1. The van der Waals surface area contributed by atoms with E-state index in [1.807, 2.05) is 35.2 Å². The Bertz CT molecular complexity index is 749. The monoisotopic (exact) mass is 443 g/mol. The highest BCUT2D eigenvalue weighted by Crippen LogP contribution is 2.24. The normalized spacial score (nSPS) is 20.7. The molecule has 1 aromatic carbocycles. The first-order valence-electron chi connectivity index (χ1n) is 12.1. The first kappa shape index (κ1) is 24.2. The van der Waals surface area contributed by atoms with Crippen LogP contribution in [0, 0.1) is 11.8 Å². The molecule has 32 heavy (non-hydrogen) atoms. The second-order valence-electron chi connectivity index (χ2n) is 9.24. The second-order valence-corrected chi connectivity index (χ2v) is 9.24. The van der Waals surface area contributed by atoms with E-state index in [9.17, 15) is 19.5 Å². The molecular formula is C25H37N3O4. The van der Waals surface area contributed by atoms with Gasteiger partial charge in [-0.05, 0) is 69.5 Å². The summed E-state index contributed by atoms with van der Waals surface area (Å²) in [7, 11) is 0. The number of hydrogen-bond acceptors (Lipinski definition) is 4. The number of aryl methyl sites for hydroxylation is 1. The molecule has 0 aromatic heterocycles. The van der Waals surface area contributed by atoms with Gasteiger partial charge in [-0.15, -0.1) is 0 Å². The maximum Gasteiger partial charge on any atom is 0.305 e. The van der Waals surface area contributed by atoms with E-state index in [1.54, 1.807) is 0 Å². The number of carboxylic acids is 1. The Balaban J connectivity index is 1.47. The van der Waals surface area contributed by atoms with Gasteiger partial charge < -0.3 is 20.6 Å². The molecule has 0 saturated carbocycles. The number of nitrogens with zero attached hydrogens (tertiary/aromatic N) is 1. The fourth-order valence-corrected chi connectivity index (χ4v) is 4.87. The molecule has 7 nitrogen and oxygen atoms in total. The van der Waals surface area contributed by atoms with Gasteiger partial charge in [0.2, 0.25) is 11.8 Å². The molecule has 2 saturated heterocycles. The zero-order chi connectivity index (χ0) is 22.8. The predicted octanol–water partition coefficient (Wildman–Crippen LogP) is 2.60. The molecule has 2 atom stereocenters. The third-order valence-corrected chi connectivity index (χ3v) is 6.75. The summed E-state index contributed by atoms with van der Waals surface area (Å²) in [5.41, 5.74) is 1.11. The summed E-state index contributed by atoms with van der Waals surface area (Å²) in [6.45, 7) is 3.67. The Morgan fingerprint density at radius 3 is 2.62 bits per heavy atom. The molecule has 3 N–H and O–H groups in total. The highest BCUT2D eigenvalue weighted by Gasteiger charge is 2.31. The van der Waals surface area contributed by atoms with Crippen molar-refractivity contribution in [3.63, 3.8) is 0 Å². The Morgan fingerprint density at radius 2 is 1.91 bits per heavy atom. The van der Waals surface area contributed by atoms with Gasteiger partial charge in [0, 0.05) is 31.5 Å². The number of benzene rings is 1. The SMILES string of the molecule is O=C(O)CC(CCc1ccccc1)NC(=O)CC1CCCN(CCC2CCNCC2)C1=O. The summed E-state index contributed by atoms with van der Waals surface area (Å²) in [5, 5.41) is 15.5. The van der Waals surface area contributed by atoms with Crippen LogP contribution in [0.4, 0.5) is 0 Å². The largest absolute Gasteiger partial charge is 0.481 e. The van der Waals surface area contributed by atoms with Gasteiger partial charge in [0.05, 0.1) is 6.42 Å². The number of piperidine rings is 2. The number of aliphatic carboxylic acids is 1. The minimum absolute atomic E-state index is 0.0828. The number of amides is 2. The van der Waals surface area contributed by atoms with Crippen LogP contribution in [-0.4, -0.2) is 60.0 Å². The van der Waals surface area contributed by atoms with E-state index in [4.69, 9.17) is 0 Å². The minimum Gasteiger partial charge on any atom is -0.481 e. The van der Waals surface area contributed by atoms with Crippen LogP contribution in [-0.2, 0) is 20.8 Å². The number of hydrogen-bond donors (Lipinski definition) is 3. The first-order chi connectivity index (χ1) is 15.5. The molecule has 2 aliphatic rings. The van der Waals surface area contributed by atoms with Gasteiger partial charge in [-0.3, -0.25) is 14.4 Å². The van der Waals surface area contributed by atoms with Crippen molar-refractivity contribution in [1.29, 1.82) is 0 Å². The van der Waals surface area contributed by atoms with Crippen LogP contribution in [0.25, 0.3) is 0 Å². The van der Waals surface area contributed by atoms with Crippen LogP contribution in [0.1, 0.15) is 56.9 Å². The number of nitrogens with one attached hydrogen (secondary N) is 2. The Kier molecular flexibility index (Phi) is 9.53. The maximum atomic E-state index is 12.9. The summed E-state index contributed by atoms with van der Waals surface area (Å²) in [6, 6.07) is 9.40. The van der Waals surface area contributed by atoms with Crippen LogP contribution in [0.2, 0.25) is 0 Å². The van der Waals surface area contributed by atoms with E-state index < -0.39 is 12.0 Å². The molecule has 176 valence electrons. The average Bonchev–Trinajstić information content (AvgIpc) is 2.79. The Morgan fingerprint density at radius 1 is 1.16 bits per heavy atom. The third-order valence-electron chi connectivity index (χ3n) is 6.75. The van der Waals surface area contributed by atoms with Gasteiger partial charge in [0.15, 0.2) is 0 Å². The van der Waals surface area contributed by atoms with Crippen molar-refractivity contribution < 1.29 is 19.5 Å². The quantitative estimate of drug-likeness (QED) is 0.488. The van der Waals surface area contributed by atoms with Crippen molar-refractivity contribution in [1.82, 2.24) is 15.5 Å². The molecule has 1 aromatic rings. The third kappa shape index (κ3) is 7.93. The van der Waals surface area contributed by atoms with Crippen LogP contribution < -0.4 is 10.6 Å². The summed E-state index contributed by atoms with van der Waals surface area (Å²) >= 11 is 0. The highest BCUT2D eigenvalue weighted by atomic mass is 16.4. The van der Waals surface area contributed by atoms with Crippen LogP contribution in [0.15, 0.2) is 30.3 Å². The molecule has 2 aliphatic heterocycles. The summed E-state index contributed by atoms with van der Waals surface area (Å²) in [4.78, 5) is 38.8. The van der Waals surface area contributed by atoms with Gasteiger partial charge >= 0.3 is 5.97 Å². The van der Waals surface area contributed by atoms with Gasteiger partial charge in [0.25, 0.3) is 0 Å². The standard InChI is InChI=1S/C25H37N3O4/c29-23(27-22(18-24(30)31)9-8-19-5-2-1-3-6-19)17-21-7-4-15-28(25(21)32)16-12-20-10-13-26-14-11-20/h1-3,5-6,20-22,26H,4,7-18H2,(H,27,29)(H,30,31). The highest BCUT2D eigenvalue weighted by molar-refractivity contribution is 5.86. The zero-order valence-corrected chi connectivity index (χ0v) is 18.9. The topological polar surface area (TPSA) is 98.7 Å². The Hall–Kier alpha value is -2.41. The van der Waals surface area contributed by atoms with E-state index >= 15 is 0 Å². The molecule has 0 bridgehead atoms. The van der Waals surface area contributed by atoms with Crippen molar-refractivity contribution in [3.05, 3.63) is 35.9 Å². The van der Waals surface area contributed by atoms with E-state index in [-0.39, 0.29) is 30.6 Å². The number of rotatable bonds is 11. The predicted molar refractivity (Wildman–Crippen MR) is 123 cm³/mol. The van der Waals surface area contributed by atoms with Crippen molar-refractivity contribution in [2.45, 2.75) is 63.8 Å². The van der Waals surface area contributed by atoms with Crippen molar-refractivity contribution in [2.75, 3.05) is 26.2 Å². The van der Waals surface area contributed by atoms with Gasteiger partial charge in [-0.2, -0.15) is 0 Å². The number of carbonyl (C=O) groups is 3.